The summed E-state index contributed by atoms with van der Waals surface area (Å²) in [7, 11) is 0. The predicted octanol–water partition coefficient (Wildman–Crippen LogP) is 3.92. The van der Waals surface area contributed by atoms with Crippen LogP contribution in [0, 0.1) is 28.0 Å². The van der Waals surface area contributed by atoms with Crippen molar-refractivity contribution >= 4 is 24.1 Å². The van der Waals surface area contributed by atoms with E-state index in [4.69, 9.17) is 16.6 Å². The highest BCUT2D eigenvalue weighted by Crippen LogP contribution is 2.31. The summed E-state index contributed by atoms with van der Waals surface area (Å²) in [5.41, 5.74) is 7.58. The van der Waals surface area contributed by atoms with Crippen molar-refractivity contribution in [2.75, 3.05) is 5.32 Å². The number of rotatable bonds is 9. The minimum absolute atomic E-state index is 0.0364. The Morgan fingerprint density at radius 1 is 1.26 bits per heavy atom. The van der Waals surface area contributed by atoms with E-state index in [0.29, 0.717) is 17.6 Å². The fourth-order valence-corrected chi connectivity index (χ4v) is 3.10. The highest BCUT2D eigenvalue weighted by Gasteiger charge is 2.23. The molecule has 12 heteroatoms. The second-order valence-corrected chi connectivity index (χ2v) is 6.78. The van der Waals surface area contributed by atoms with Gasteiger partial charge in [0.15, 0.2) is 5.82 Å². The Morgan fingerprint density at radius 3 is 2.56 bits per heavy atom. The van der Waals surface area contributed by atoms with E-state index in [1.54, 1.807) is 12.1 Å². The van der Waals surface area contributed by atoms with Gasteiger partial charge in [-0.2, -0.15) is 5.26 Å². The standard InChI is InChI=1S/C22H18F3N9/c23-15-3-1-2-4-16(15)30-8-12(6-26)5-17-14(7-27)18(19(34-17)21(29)33-11-28)13-9-31-22(20(24)25)32-10-13/h1-4,6,8-11,20,26,30,34H,5H2,(H3,28,29,33)/b12-8-,26-6?. The smallest absolute Gasteiger partial charge is 0.297 e. The summed E-state index contributed by atoms with van der Waals surface area (Å²) in [6.07, 6.45) is 2.61. The topological polar surface area (TPSA) is 163 Å². The lowest BCUT2D eigenvalue weighted by atomic mass is 10.0. The Bertz CT molecular complexity index is 1300. The second kappa shape index (κ2) is 10.7. The number of H-pyrrole nitrogens is 1. The van der Waals surface area contributed by atoms with E-state index < -0.39 is 18.1 Å². The first-order chi connectivity index (χ1) is 16.4. The van der Waals surface area contributed by atoms with Crippen molar-refractivity contribution in [1.29, 1.82) is 16.1 Å². The molecule has 34 heavy (non-hydrogen) atoms. The first-order valence-electron chi connectivity index (χ1n) is 9.68. The molecule has 0 aliphatic heterocycles. The molecule has 3 rings (SSSR count). The van der Waals surface area contributed by atoms with E-state index in [9.17, 15) is 18.4 Å². The lowest BCUT2D eigenvalue weighted by molar-refractivity contribution is 0.140. The summed E-state index contributed by atoms with van der Waals surface area (Å²) in [4.78, 5) is 13.9. The maximum Gasteiger partial charge on any atom is 0.297 e. The number of amidine groups is 1. The van der Waals surface area contributed by atoms with Crippen LogP contribution in [0.2, 0.25) is 0 Å². The van der Waals surface area contributed by atoms with E-state index >= 15 is 0 Å². The molecule has 0 fully saturated rings. The molecule has 6 N–H and O–H groups in total. The van der Waals surface area contributed by atoms with E-state index in [1.807, 2.05) is 6.07 Å². The van der Waals surface area contributed by atoms with Gasteiger partial charge in [0.1, 0.15) is 24.1 Å². The van der Waals surface area contributed by atoms with Crippen LogP contribution in [-0.4, -0.2) is 33.3 Å². The number of alkyl halides is 2. The van der Waals surface area contributed by atoms with Crippen molar-refractivity contribution < 1.29 is 13.2 Å². The van der Waals surface area contributed by atoms with Crippen molar-refractivity contribution in [3.8, 4) is 17.2 Å². The molecule has 2 heterocycles. The van der Waals surface area contributed by atoms with Crippen molar-refractivity contribution in [2.45, 2.75) is 12.8 Å². The molecule has 0 radical (unpaired) electrons. The largest absolute Gasteiger partial charge is 0.382 e. The molecule has 0 unspecified atom stereocenters. The second-order valence-electron chi connectivity index (χ2n) is 6.78. The fraction of sp³-hybridized carbons (Fsp3) is 0.0909. The molecule has 9 nitrogen and oxygen atoms in total. The Kier molecular flexibility index (Phi) is 7.50. The number of aromatic amines is 1. The maximum absolute atomic E-state index is 13.9. The number of nitrogens with one attached hydrogen (secondary N) is 4. The summed E-state index contributed by atoms with van der Waals surface area (Å²) >= 11 is 0. The third-order valence-corrected chi connectivity index (χ3v) is 4.66. The first kappa shape index (κ1) is 23.9. The van der Waals surface area contributed by atoms with Gasteiger partial charge in [-0.25, -0.2) is 28.1 Å². The third kappa shape index (κ3) is 5.16. The van der Waals surface area contributed by atoms with Crippen molar-refractivity contribution in [1.82, 2.24) is 15.0 Å². The van der Waals surface area contributed by atoms with E-state index in [1.165, 1.54) is 18.3 Å². The summed E-state index contributed by atoms with van der Waals surface area (Å²) in [6, 6.07) is 8.04. The molecule has 1 aromatic carbocycles. The van der Waals surface area contributed by atoms with Gasteiger partial charge < -0.3 is 21.4 Å². The molecular formula is C22H18F3N9. The molecule has 0 aliphatic rings. The van der Waals surface area contributed by atoms with Crippen LogP contribution in [0.15, 0.2) is 53.4 Å². The van der Waals surface area contributed by atoms with Gasteiger partial charge in [-0.3, -0.25) is 5.41 Å². The van der Waals surface area contributed by atoms with Crippen LogP contribution in [0.25, 0.3) is 11.1 Å². The lowest BCUT2D eigenvalue weighted by Gasteiger charge is -2.06. The van der Waals surface area contributed by atoms with Crippen molar-refractivity contribution in [3.63, 3.8) is 0 Å². The molecule has 0 bridgehead atoms. The van der Waals surface area contributed by atoms with Gasteiger partial charge in [0.05, 0.1) is 16.9 Å². The van der Waals surface area contributed by atoms with Crippen LogP contribution >= 0.6 is 0 Å². The molecular weight excluding hydrogens is 447 g/mol. The molecule has 0 spiro atoms. The monoisotopic (exact) mass is 465 g/mol. The summed E-state index contributed by atoms with van der Waals surface area (Å²) in [5, 5.41) is 27.5. The summed E-state index contributed by atoms with van der Waals surface area (Å²) < 4.78 is 39.6. The molecule has 0 atom stereocenters. The van der Waals surface area contributed by atoms with E-state index in [2.05, 4.69) is 25.3 Å². The normalized spacial score (nSPS) is 11.9. The van der Waals surface area contributed by atoms with Crippen LogP contribution in [-0.2, 0) is 6.42 Å². The number of aliphatic imine (C=N–C) groups is 1. The zero-order valence-electron chi connectivity index (χ0n) is 17.5. The zero-order chi connectivity index (χ0) is 24.7. The quantitative estimate of drug-likeness (QED) is 0.238. The number of nitrogens with zero attached hydrogens (tertiary/aromatic N) is 4. The summed E-state index contributed by atoms with van der Waals surface area (Å²) in [5.74, 6) is -1.28. The fourth-order valence-electron chi connectivity index (χ4n) is 3.10. The minimum atomic E-state index is -2.86. The number of nitriles is 1. The van der Waals surface area contributed by atoms with E-state index in [-0.39, 0.29) is 40.3 Å². The Morgan fingerprint density at radius 2 is 1.97 bits per heavy atom. The molecule has 3 aromatic rings. The maximum atomic E-state index is 13.9. The zero-order valence-corrected chi connectivity index (χ0v) is 17.5. The van der Waals surface area contributed by atoms with Gasteiger partial charge in [0.25, 0.3) is 6.43 Å². The first-order valence-corrected chi connectivity index (χ1v) is 9.68. The number of anilines is 1. The molecule has 172 valence electrons. The van der Waals surface area contributed by atoms with Gasteiger partial charge in [-0.1, -0.05) is 12.1 Å². The number of hydrogen-bond acceptors (Lipinski definition) is 6. The molecule has 0 saturated carbocycles. The number of aromatic nitrogens is 3. The number of para-hydroxylation sites is 1. The molecule has 0 saturated heterocycles. The van der Waals surface area contributed by atoms with Gasteiger partial charge >= 0.3 is 0 Å². The Hall–Kier alpha value is -4.79. The molecule has 0 amide bonds. The number of allylic oxidation sites excluding steroid dienone is 1. The van der Waals surface area contributed by atoms with Crippen LogP contribution in [0.5, 0.6) is 0 Å². The van der Waals surface area contributed by atoms with Gasteiger partial charge in [-0.05, 0) is 17.7 Å². The van der Waals surface area contributed by atoms with Gasteiger partial charge in [0.2, 0.25) is 0 Å². The average molecular weight is 465 g/mol. The minimum Gasteiger partial charge on any atom is -0.382 e. The molecule has 0 aliphatic carbocycles. The van der Waals surface area contributed by atoms with Gasteiger partial charge in [0, 0.05) is 48.0 Å². The van der Waals surface area contributed by atoms with Crippen LogP contribution in [0.3, 0.4) is 0 Å². The highest BCUT2D eigenvalue weighted by atomic mass is 19.3. The number of hydrogen-bond donors (Lipinski definition) is 5. The van der Waals surface area contributed by atoms with Crippen molar-refractivity contribution in [3.05, 3.63) is 77.0 Å². The van der Waals surface area contributed by atoms with Crippen LogP contribution in [0.4, 0.5) is 18.9 Å². The molecule has 2 aromatic heterocycles. The Balaban J connectivity index is 2.06. The van der Waals surface area contributed by atoms with Crippen molar-refractivity contribution in [2.24, 2.45) is 10.7 Å². The van der Waals surface area contributed by atoms with E-state index in [0.717, 1.165) is 18.6 Å². The number of halogens is 3. The van der Waals surface area contributed by atoms with Gasteiger partial charge in [-0.15, -0.1) is 0 Å². The number of nitrogens with two attached hydrogens (primary N) is 1. The lowest BCUT2D eigenvalue weighted by Crippen LogP contribution is -2.15. The SMILES string of the molecule is N#Cc1c(C/C(C=N)=C/Nc2ccccc2F)[nH]c(/C(N)=N\C=N)c1-c1cnc(C(F)F)nc1. The Labute approximate surface area is 191 Å². The third-order valence-electron chi connectivity index (χ3n) is 4.66. The van der Waals surface area contributed by atoms with Crippen LogP contribution in [0.1, 0.15) is 29.2 Å². The predicted molar refractivity (Wildman–Crippen MR) is 122 cm³/mol. The highest BCUT2D eigenvalue weighted by molar-refractivity contribution is 6.06. The van der Waals surface area contributed by atoms with Crippen LogP contribution < -0.4 is 11.1 Å². The number of benzene rings is 1. The average Bonchev–Trinajstić information content (AvgIpc) is 3.21. The summed E-state index contributed by atoms with van der Waals surface area (Å²) in [6.45, 7) is 0.